The molecule has 3 saturated carbocycles. The summed E-state index contributed by atoms with van der Waals surface area (Å²) in [6.45, 7) is 13.1. The predicted octanol–water partition coefficient (Wildman–Crippen LogP) is 8.48. The zero-order valence-electron chi connectivity index (χ0n) is 30.7. The van der Waals surface area contributed by atoms with E-state index in [2.05, 4.69) is 40.7 Å². The molecule has 2 N–H and O–H groups in total. The van der Waals surface area contributed by atoms with Gasteiger partial charge in [-0.25, -0.2) is 0 Å². The van der Waals surface area contributed by atoms with E-state index in [1.165, 1.54) is 51.4 Å². The van der Waals surface area contributed by atoms with Gasteiger partial charge in [-0.2, -0.15) is 0 Å². The Hall–Kier alpha value is -1.40. The first-order valence-electron chi connectivity index (χ1n) is 19.9. The first-order chi connectivity index (χ1) is 22.5. The number of nitrogens with zero attached hydrogens (tertiary/aromatic N) is 1. The maximum atomic E-state index is 12.8. The van der Waals surface area contributed by atoms with Gasteiger partial charge in [0.15, 0.2) is 0 Å². The predicted molar refractivity (Wildman–Crippen MR) is 188 cm³/mol. The Morgan fingerprint density at radius 2 is 1.68 bits per heavy atom. The number of unbranched alkanes of at least 4 members (excludes halogenated alkanes) is 3. The van der Waals surface area contributed by atoms with E-state index in [1.807, 2.05) is 0 Å². The Balaban J connectivity index is 1.03. The highest BCUT2D eigenvalue weighted by atomic mass is 16.5. The van der Waals surface area contributed by atoms with Crippen LogP contribution in [0.4, 0.5) is 0 Å². The maximum Gasteiger partial charge on any atom is 0.306 e. The van der Waals surface area contributed by atoms with Crippen LogP contribution in [0.3, 0.4) is 0 Å². The monoisotopic (exact) mass is 656 g/mol. The van der Waals surface area contributed by atoms with E-state index in [4.69, 9.17) is 4.74 Å². The number of carbonyl (C=O) groups excluding carboxylic acids is 2. The van der Waals surface area contributed by atoms with Crippen LogP contribution < -0.4 is 0 Å². The number of hydrogen-bond acceptors (Lipinski definition) is 5. The van der Waals surface area contributed by atoms with Crippen molar-refractivity contribution in [3.8, 4) is 0 Å². The molecule has 0 bridgehead atoms. The summed E-state index contributed by atoms with van der Waals surface area (Å²) in [6.07, 6.45) is 21.8. The van der Waals surface area contributed by atoms with Crippen LogP contribution in [0.2, 0.25) is 0 Å². The molecule has 1 amide bonds. The van der Waals surface area contributed by atoms with Gasteiger partial charge in [0.1, 0.15) is 6.10 Å². The largest absolute Gasteiger partial charge is 0.462 e. The fourth-order valence-corrected chi connectivity index (χ4v) is 11.7. The number of esters is 1. The standard InChI is InChI=1S/C41H69NO5/c1-28(2)11-10-12-29(3)35-17-18-36-34-16-15-31-24-33(19-21-40(31,4)37(34)20-22-41(35,36)5)47-39(46)14-9-7-6-8-13-38(45)42-25-30(26-43)23-32(42)27-44/h15,28-30,32-37,43-44H,6-14,16-27H2,1-5H3/t29-,30-,32+,33+,34?,35-,36?,37?,40+,41-/m1/s1. The number of fused-ring (bicyclic) bond motifs is 5. The number of aliphatic hydroxyl groups excluding tert-OH is 2. The van der Waals surface area contributed by atoms with Crippen LogP contribution in [0.1, 0.15) is 150 Å². The van der Waals surface area contributed by atoms with Crippen molar-refractivity contribution in [2.75, 3.05) is 19.8 Å². The van der Waals surface area contributed by atoms with E-state index in [-0.39, 0.29) is 48.6 Å². The highest BCUT2D eigenvalue weighted by Gasteiger charge is 2.59. The van der Waals surface area contributed by atoms with Gasteiger partial charge in [-0.3, -0.25) is 9.59 Å². The van der Waals surface area contributed by atoms with Crippen LogP contribution in [-0.2, 0) is 14.3 Å². The number of allylic oxidation sites excluding steroid dienone is 1. The van der Waals surface area contributed by atoms with Crippen molar-refractivity contribution in [1.82, 2.24) is 4.90 Å². The lowest BCUT2D eigenvalue weighted by Gasteiger charge is -2.58. The van der Waals surface area contributed by atoms with Crippen molar-refractivity contribution in [1.29, 1.82) is 0 Å². The van der Waals surface area contributed by atoms with Gasteiger partial charge in [0.05, 0.1) is 12.6 Å². The quantitative estimate of drug-likeness (QED) is 0.105. The van der Waals surface area contributed by atoms with Crippen molar-refractivity contribution in [2.24, 2.45) is 52.3 Å². The number of aliphatic hydroxyl groups is 2. The summed E-state index contributed by atoms with van der Waals surface area (Å²) in [7, 11) is 0. The Kier molecular flexibility index (Phi) is 12.6. The summed E-state index contributed by atoms with van der Waals surface area (Å²) in [4.78, 5) is 27.2. The molecule has 5 aliphatic rings. The molecule has 47 heavy (non-hydrogen) atoms. The molecule has 0 spiro atoms. The average Bonchev–Trinajstić information content (AvgIpc) is 3.63. The molecule has 268 valence electrons. The second kappa shape index (κ2) is 16.1. The zero-order valence-corrected chi connectivity index (χ0v) is 30.7. The lowest BCUT2D eigenvalue weighted by molar-refractivity contribution is -0.151. The number of carbonyl (C=O) groups is 2. The van der Waals surface area contributed by atoms with Crippen LogP contribution in [-0.4, -0.2) is 58.9 Å². The van der Waals surface area contributed by atoms with E-state index in [9.17, 15) is 19.8 Å². The van der Waals surface area contributed by atoms with E-state index in [1.54, 1.807) is 10.5 Å². The smallest absolute Gasteiger partial charge is 0.306 e. The minimum atomic E-state index is -0.158. The third-order valence-electron chi connectivity index (χ3n) is 14.4. The summed E-state index contributed by atoms with van der Waals surface area (Å²) in [5.41, 5.74) is 2.37. The number of rotatable bonds is 15. The molecule has 5 rings (SSSR count). The fourth-order valence-electron chi connectivity index (χ4n) is 11.7. The Bertz CT molecular complexity index is 1090. The van der Waals surface area contributed by atoms with Crippen LogP contribution >= 0.6 is 0 Å². The van der Waals surface area contributed by atoms with Crippen LogP contribution in [0.5, 0.6) is 0 Å². The van der Waals surface area contributed by atoms with Gasteiger partial charge in [0.2, 0.25) is 5.91 Å². The Morgan fingerprint density at radius 1 is 0.915 bits per heavy atom. The molecule has 0 aromatic heterocycles. The molecule has 6 nitrogen and oxygen atoms in total. The summed E-state index contributed by atoms with van der Waals surface area (Å²) in [5.74, 6) is 5.14. The van der Waals surface area contributed by atoms with Gasteiger partial charge in [-0.05, 0) is 111 Å². The topological polar surface area (TPSA) is 87.1 Å². The minimum absolute atomic E-state index is 0.0232. The fraction of sp³-hybridized carbons (Fsp3) is 0.902. The number of likely N-dealkylation sites (tertiary alicyclic amines) is 1. The van der Waals surface area contributed by atoms with E-state index >= 15 is 0 Å². The second-order valence-electron chi connectivity index (χ2n) is 17.7. The van der Waals surface area contributed by atoms with Crippen LogP contribution in [0, 0.1) is 52.3 Å². The van der Waals surface area contributed by atoms with Gasteiger partial charge in [0.25, 0.3) is 0 Å². The van der Waals surface area contributed by atoms with Gasteiger partial charge in [0, 0.05) is 38.3 Å². The first kappa shape index (κ1) is 36.9. The van der Waals surface area contributed by atoms with Gasteiger partial charge < -0.3 is 19.8 Å². The van der Waals surface area contributed by atoms with Crippen molar-refractivity contribution >= 4 is 11.9 Å². The number of hydrogen-bond donors (Lipinski definition) is 2. The summed E-state index contributed by atoms with van der Waals surface area (Å²) < 4.78 is 6.07. The molecule has 0 aromatic carbocycles. The average molecular weight is 656 g/mol. The molecular weight excluding hydrogens is 586 g/mol. The molecule has 4 aliphatic carbocycles. The second-order valence-corrected chi connectivity index (χ2v) is 17.7. The van der Waals surface area contributed by atoms with Crippen LogP contribution in [0.25, 0.3) is 0 Å². The van der Waals surface area contributed by atoms with Crippen molar-refractivity contribution in [2.45, 2.75) is 162 Å². The van der Waals surface area contributed by atoms with Gasteiger partial charge in [-0.1, -0.05) is 78.4 Å². The molecule has 1 aliphatic heterocycles. The Morgan fingerprint density at radius 3 is 2.40 bits per heavy atom. The highest BCUT2D eigenvalue weighted by molar-refractivity contribution is 5.76. The summed E-state index contributed by atoms with van der Waals surface area (Å²) in [5, 5.41) is 19.0. The number of ether oxygens (including phenoxy) is 1. The molecule has 3 unspecified atom stereocenters. The zero-order chi connectivity index (χ0) is 33.8. The molecule has 1 heterocycles. The molecule has 10 atom stereocenters. The Labute approximate surface area is 286 Å². The highest BCUT2D eigenvalue weighted by Crippen LogP contribution is 2.67. The first-order valence-corrected chi connectivity index (χ1v) is 19.9. The van der Waals surface area contributed by atoms with Crippen molar-refractivity contribution in [3.63, 3.8) is 0 Å². The minimum Gasteiger partial charge on any atom is -0.462 e. The SMILES string of the molecule is CC(C)CCC[C@@H](C)[C@H]1CCC2C3CC=C4C[C@@H](OC(=O)CCCCCCC(=O)N5C[C@H](CO)C[C@H]5CO)CC[C@]4(C)C3CC[C@@]21C. The number of amides is 1. The lowest BCUT2D eigenvalue weighted by Crippen LogP contribution is -2.51. The molecule has 0 radical (unpaired) electrons. The van der Waals surface area contributed by atoms with Gasteiger partial charge in [-0.15, -0.1) is 0 Å². The normalized spacial score (nSPS) is 37.2. The third kappa shape index (κ3) is 8.16. The summed E-state index contributed by atoms with van der Waals surface area (Å²) >= 11 is 0. The molecule has 6 heteroatoms. The van der Waals surface area contributed by atoms with E-state index in [0.29, 0.717) is 31.2 Å². The molecular formula is C41H69NO5. The summed E-state index contributed by atoms with van der Waals surface area (Å²) in [6, 6.07) is -0.158. The molecule has 1 saturated heterocycles. The van der Waals surface area contributed by atoms with Crippen molar-refractivity contribution < 1.29 is 24.5 Å². The molecule has 0 aromatic rings. The van der Waals surface area contributed by atoms with E-state index in [0.717, 1.165) is 80.5 Å². The van der Waals surface area contributed by atoms with Crippen LogP contribution in [0.15, 0.2) is 11.6 Å². The molecule has 4 fully saturated rings. The third-order valence-corrected chi connectivity index (χ3v) is 14.4. The van der Waals surface area contributed by atoms with Crippen molar-refractivity contribution in [3.05, 3.63) is 11.6 Å². The maximum absolute atomic E-state index is 12.8. The lowest BCUT2D eigenvalue weighted by atomic mass is 9.47. The van der Waals surface area contributed by atoms with Gasteiger partial charge >= 0.3 is 5.97 Å². The van der Waals surface area contributed by atoms with E-state index < -0.39 is 0 Å².